The Bertz CT molecular complexity index is 1220. The molecule has 0 saturated heterocycles. The van der Waals surface area contributed by atoms with E-state index in [0.717, 1.165) is 45.3 Å². The van der Waals surface area contributed by atoms with Crippen LogP contribution in [0.1, 0.15) is 20.8 Å². The number of imidazole rings is 1. The SMILES string of the molecule is CCSc1nc(NCC(C)C)c2cnn(CCNC(=O)Cn3cnc4ccccc43)c2n1. The topological polar surface area (TPSA) is 103 Å². The molecule has 1 amide bonds. The first-order valence-corrected chi connectivity index (χ1v) is 11.8. The Hall–Kier alpha value is -3.14. The van der Waals surface area contributed by atoms with Gasteiger partial charge in [0.1, 0.15) is 12.4 Å². The average molecular weight is 453 g/mol. The first kappa shape index (κ1) is 22.1. The number of carbonyl (C=O) groups excluding carboxylic acids is 1. The lowest BCUT2D eigenvalue weighted by Crippen LogP contribution is -2.30. The molecule has 0 radical (unpaired) electrons. The number of rotatable bonds is 10. The van der Waals surface area contributed by atoms with Crippen molar-refractivity contribution in [1.29, 1.82) is 0 Å². The molecule has 0 aliphatic heterocycles. The lowest BCUT2D eigenvalue weighted by molar-refractivity contribution is -0.121. The second-order valence-corrected chi connectivity index (χ2v) is 9.11. The van der Waals surface area contributed by atoms with Crippen LogP contribution in [0, 0.1) is 5.92 Å². The second kappa shape index (κ2) is 9.99. The van der Waals surface area contributed by atoms with Gasteiger partial charge < -0.3 is 15.2 Å². The smallest absolute Gasteiger partial charge is 0.240 e. The molecule has 0 saturated carbocycles. The number of para-hydroxylation sites is 2. The summed E-state index contributed by atoms with van der Waals surface area (Å²) in [4.78, 5) is 26.1. The lowest BCUT2D eigenvalue weighted by atomic mass is 10.2. The number of hydrogen-bond acceptors (Lipinski definition) is 7. The Labute approximate surface area is 191 Å². The monoisotopic (exact) mass is 452 g/mol. The number of benzene rings is 1. The van der Waals surface area contributed by atoms with Gasteiger partial charge in [0.15, 0.2) is 10.8 Å². The van der Waals surface area contributed by atoms with Gasteiger partial charge in [-0.3, -0.25) is 4.79 Å². The zero-order chi connectivity index (χ0) is 22.5. The molecular formula is C22H28N8OS. The van der Waals surface area contributed by atoms with Gasteiger partial charge in [0.2, 0.25) is 5.91 Å². The van der Waals surface area contributed by atoms with E-state index in [4.69, 9.17) is 4.98 Å². The molecule has 0 fully saturated rings. The minimum atomic E-state index is -0.0687. The largest absolute Gasteiger partial charge is 0.369 e. The van der Waals surface area contributed by atoms with Gasteiger partial charge in [0.05, 0.1) is 35.5 Å². The molecule has 4 aromatic rings. The molecule has 32 heavy (non-hydrogen) atoms. The Morgan fingerprint density at radius 3 is 2.88 bits per heavy atom. The van der Waals surface area contributed by atoms with Crippen LogP contribution in [-0.4, -0.2) is 54.0 Å². The predicted molar refractivity (Wildman–Crippen MR) is 128 cm³/mol. The number of nitrogens with zero attached hydrogens (tertiary/aromatic N) is 6. The maximum absolute atomic E-state index is 12.5. The van der Waals surface area contributed by atoms with E-state index >= 15 is 0 Å². The molecule has 1 aromatic carbocycles. The highest BCUT2D eigenvalue weighted by molar-refractivity contribution is 7.99. The maximum Gasteiger partial charge on any atom is 0.240 e. The van der Waals surface area contributed by atoms with Crippen LogP contribution in [0.25, 0.3) is 22.1 Å². The second-order valence-electron chi connectivity index (χ2n) is 7.88. The van der Waals surface area contributed by atoms with Crippen LogP contribution in [0.5, 0.6) is 0 Å². The van der Waals surface area contributed by atoms with Gasteiger partial charge in [-0.2, -0.15) is 5.10 Å². The number of thioether (sulfide) groups is 1. The van der Waals surface area contributed by atoms with E-state index in [1.54, 1.807) is 24.3 Å². The van der Waals surface area contributed by atoms with Crippen molar-refractivity contribution in [1.82, 2.24) is 34.6 Å². The first-order chi connectivity index (χ1) is 15.5. The molecule has 0 atom stereocenters. The first-order valence-electron chi connectivity index (χ1n) is 10.8. The molecule has 0 bridgehead atoms. The van der Waals surface area contributed by atoms with Crippen LogP contribution >= 0.6 is 11.8 Å². The van der Waals surface area contributed by atoms with E-state index in [-0.39, 0.29) is 12.5 Å². The Balaban J connectivity index is 1.42. The van der Waals surface area contributed by atoms with Crippen LogP contribution in [0.15, 0.2) is 41.9 Å². The molecule has 3 aromatic heterocycles. The summed E-state index contributed by atoms with van der Waals surface area (Å²) in [5.74, 6) is 2.13. The molecule has 4 rings (SSSR count). The van der Waals surface area contributed by atoms with Gasteiger partial charge >= 0.3 is 0 Å². The highest BCUT2D eigenvalue weighted by Gasteiger charge is 2.14. The van der Waals surface area contributed by atoms with E-state index in [1.807, 2.05) is 33.5 Å². The third-order valence-electron chi connectivity index (χ3n) is 4.91. The third-order valence-corrected chi connectivity index (χ3v) is 5.64. The highest BCUT2D eigenvalue weighted by Crippen LogP contribution is 2.24. The lowest BCUT2D eigenvalue weighted by Gasteiger charge is -2.11. The standard InChI is InChI=1S/C22H28N8OS/c1-4-32-22-27-20(24-11-15(2)3)16-12-26-30(21(16)28-22)10-9-23-19(31)13-29-14-25-17-7-5-6-8-18(17)29/h5-8,12,14-15H,4,9-11,13H2,1-3H3,(H,23,31)(H,24,27,28). The molecule has 10 heteroatoms. The number of fused-ring (bicyclic) bond motifs is 2. The Morgan fingerprint density at radius 1 is 1.22 bits per heavy atom. The van der Waals surface area contributed by atoms with Crippen LogP contribution in [0.4, 0.5) is 5.82 Å². The summed E-state index contributed by atoms with van der Waals surface area (Å²) in [5.41, 5.74) is 2.60. The molecule has 9 nitrogen and oxygen atoms in total. The minimum Gasteiger partial charge on any atom is -0.369 e. The summed E-state index contributed by atoms with van der Waals surface area (Å²) >= 11 is 1.60. The predicted octanol–water partition coefficient (Wildman–Crippen LogP) is 3.17. The van der Waals surface area contributed by atoms with Crippen molar-refractivity contribution in [3.05, 3.63) is 36.8 Å². The quantitative estimate of drug-likeness (QED) is 0.281. The van der Waals surface area contributed by atoms with Crippen LogP contribution < -0.4 is 10.6 Å². The average Bonchev–Trinajstić information content (AvgIpc) is 3.37. The summed E-state index contributed by atoms with van der Waals surface area (Å²) in [5, 5.41) is 12.5. The van der Waals surface area contributed by atoms with E-state index < -0.39 is 0 Å². The van der Waals surface area contributed by atoms with E-state index in [0.29, 0.717) is 19.0 Å². The van der Waals surface area contributed by atoms with E-state index in [2.05, 4.69) is 46.5 Å². The number of anilines is 1. The molecule has 168 valence electrons. The van der Waals surface area contributed by atoms with Crippen molar-refractivity contribution in [3.8, 4) is 0 Å². The molecule has 0 unspecified atom stereocenters. The summed E-state index contributed by atoms with van der Waals surface area (Å²) in [6.45, 7) is 8.43. The summed E-state index contributed by atoms with van der Waals surface area (Å²) in [6.07, 6.45) is 3.48. The van der Waals surface area contributed by atoms with Gasteiger partial charge in [-0.1, -0.05) is 44.7 Å². The van der Waals surface area contributed by atoms with Crippen LogP contribution in [-0.2, 0) is 17.9 Å². The van der Waals surface area contributed by atoms with E-state index in [9.17, 15) is 4.79 Å². The highest BCUT2D eigenvalue weighted by atomic mass is 32.2. The van der Waals surface area contributed by atoms with Gasteiger partial charge in [-0.25, -0.2) is 19.6 Å². The fourth-order valence-electron chi connectivity index (χ4n) is 3.38. The zero-order valence-corrected chi connectivity index (χ0v) is 19.4. The molecule has 2 N–H and O–H groups in total. The molecule has 0 spiro atoms. The van der Waals surface area contributed by atoms with Gasteiger partial charge in [0.25, 0.3) is 0 Å². The molecule has 3 heterocycles. The van der Waals surface area contributed by atoms with Crippen molar-refractivity contribution < 1.29 is 4.79 Å². The summed E-state index contributed by atoms with van der Waals surface area (Å²) in [6, 6.07) is 7.77. The molecule has 0 aliphatic rings. The van der Waals surface area contributed by atoms with Crippen LogP contribution in [0.3, 0.4) is 0 Å². The summed E-state index contributed by atoms with van der Waals surface area (Å²) < 4.78 is 3.67. The fraction of sp³-hybridized carbons (Fsp3) is 0.409. The Morgan fingerprint density at radius 2 is 2.06 bits per heavy atom. The van der Waals surface area contributed by atoms with E-state index in [1.165, 1.54) is 0 Å². The minimum absolute atomic E-state index is 0.0687. The Kier molecular flexibility index (Phi) is 6.89. The van der Waals surface area contributed by atoms with Crippen molar-refractivity contribution in [2.45, 2.75) is 39.0 Å². The zero-order valence-electron chi connectivity index (χ0n) is 18.6. The molecule has 0 aliphatic carbocycles. The summed E-state index contributed by atoms with van der Waals surface area (Å²) in [7, 11) is 0. The van der Waals surface area contributed by atoms with Gasteiger partial charge in [-0.15, -0.1) is 0 Å². The van der Waals surface area contributed by atoms with Gasteiger partial charge in [-0.05, 0) is 23.8 Å². The van der Waals surface area contributed by atoms with Crippen molar-refractivity contribution in [3.63, 3.8) is 0 Å². The molecular weight excluding hydrogens is 424 g/mol. The number of aromatic nitrogens is 6. The van der Waals surface area contributed by atoms with Crippen molar-refractivity contribution in [2.75, 3.05) is 24.2 Å². The number of hydrogen-bond donors (Lipinski definition) is 2. The fourth-order valence-corrected chi connectivity index (χ4v) is 3.94. The number of amides is 1. The van der Waals surface area contributed by atoms with Crippen molar-refractivity contribution in [2.24, 2.45) is 5.92 Å². The van der Waals surface area contributed by atoms with Gasteiger partial charge in [0, 0.05) is 13.1 Å². The third kappa shape index (κ3) is 5.01. The maximum atomic E-state index is 12.5. The van der Waals surface area contributed by atoms with Crippen molar-refractivity contribution >= 4 is 45.6 Å². The number of nitrogens with one attached hydrogen (secondary N) is 2. The number of carbonyl (C=O) groups is 1. The van der Waals surface area contributed by atoms with Crippen LogP contribution in [0.2, 0.25) is 0 Å². The normalized spacial score (nSPS) is 11.5.